The molecule has 3 atom stereocenters. The summed E-state index contributed by atoms with van der Waals surface area (Å²) in [7, 11) is 0. The van der Waals surface area contributed by atoms with Gasteiger partial charge in [0, 0.05) is 25.7 Å². The Balaban J connectivity index is 1.83. The van der Waals surface area contributed by atoms with Crippen LogP contribution in [-0.2, 0) is 0 Å². The number of halogens is 1. The summed E-state index contributed by atoms with van der Waals surface area (Å²) in [6.45, 7) is 4.42. The van der Waals surface area contributed by atoms with Crippen molar-refractivity contribution in [1.82, 2.24) is 10.2 Å². The molecule has 2 fully saturated rings. The van der Waals surface area contributed by atoms with Crippen LogP contribution in [0.4, 0.5) is 4.39 Å². The van der Waals surface area contributed by atoms with E-state index in [2.05, 4.69) is 10.2 Å². The second-order valence-corrected chi connectivity index (χ2v) is 4.54. The smallest absolute Gasteiger partial charge is 0.114 e. The van der Waals surface area contributed by atoms with E-state index in [1.165, 1.54) is 6.42 Å². The van der Waals surface area contributed by atoms with Gasteiger partial charge in [-0.1, -0.05) is 0 Å². The van der Waals surface area contributed by atoms with E-state index >= 15 is 0 Å². The summed E-state index contributed by atoms with van der Waals surface area (Å²) < 4.78 is 13.2. The molecule has 2 aliphatic heterocycles. The van der Waals surface area contributed by atoms with Crippen molar-refractivity contribution in [2.24, 2.45) is 11.7 Å². The van der Waals surface area contributed by atoms with Crippen LogP contribution in [0.5, 0.6) is 0 Å². The molecule has 2 saturated heterocycles. The molecule has 2 rings (SSSR count). The molecule has 14 heavy (non-hydrogen) atoms. The third kappa shape index (κ3) is 2.24. The Morgan fingerprint density at radius 2 is 2.36 bits per heavy atom. The number of alkyl halides is 1. The number of hydrogen-bond donors (Lipinski definition) is 2. The monoisotopic (exact) mass is 201 g/mol. The van der Waals surface area contributed by atoms with E-state index in [0.29, 0.717) is 25.4 Å². The molecule has 0 spiro atoms. The maximum absolute atomic E-state index is 13.2. The van der Waals surface area contributed by atoms with Gasteiger partial charge in [0.05, 0.1) is 0 Å². The third-order valence-corrected chi connectivity index (χ3v) is 3.40. The van der Waals surface area contributed by atoms with Crippen molar-refractivity contribution < 1.29 is 4.39 Å². The quantitative estimate of drug-likeness (QED) is 0.673. The Morgan fingerprint density at radius 1 is 1.50 bits per heavy atom. The zero-order valence-corrected chi connectivity index (χ0v) is 8.58. The summed E-state index contributed by atoms with van der Waals surface area (Å²) in [6.07, 6.45) is 1.21. The van der Waals surface area contributed by atoms with Gasteiger partial charge in [0.1, 0.15) is 6.17 Å². The largest absolute Gasteiger partial charge is 0.329 e. The van der Waals surface area contributed by atoms with Crippen LogP contribution in [0.25, 0.3) is 0 Å². The maximum atomic E-state index is 13.2. The third-order valence-electron chi connectivity index (χ3n) is 3.40. The topological polar surface area (TPSA) is 41.3 Å². The van der Waals surface area contributed by atoms with Crippen molar-refractivity contribution >= 4 is 0 Å². The van der Waals surface area contributed by atoms with Crippen LogP contribution in [0, 0.1) is 5.92 Å². The predicted molar refractivity (Wildman–Crippen MR) is 54.9 cm³/mol. The fraction of sp³-hybridized carbons (Fsp3) is 1.00. The lowest BCUT2D eigenvalue weighted by Crippen LogP contribution is -2.39. The molecule has 3 nitrogen and oxygen atoms in total. The second-order valence-electron chi connectivity index (χ2n) is 4.54. The van der Waals surface area contributed by atoms with Crippen molar-refractivity contribution in [2.75, 3.05) is 32.7 Å². The Bertz CT molecular complexity index is 182. The molecule has 82 valence electrons. The molecule has 2 aliphatic rings. The Labute approximate surface area is 84.8 Å². The highest BCUT2D eigenvalue weighted by Crippen LogP contribution is 2.22. The lowest BCUT2D eigenvalue weighted by molar-refractivity contribution is 0.215. The number of likely N-dealkylation sites (tertiary alicyclic amines) is 1. The van der Waals surface area contributed by atoms with Gasteiger partial charge < -0.3 is 11.1 Å². The summed E-state index contributed by atoms with van der Waals surface area (Å²) in [5, 5.41) is 3.34. The molecule has 0 aromatic carbocycles. The van der Waals surface area contributed by atoms with Gasteiger partial charge in [0.25, 0.3) is 0 Å². The molecular formula is C10H20FN3. The van der Waals surface area contributed by atoms with Gasteiger partial charge in [-0.3, -0.25) is 4.90 Å². The SMILES string of the molecule is NC[C@@H]1C[C@@H](F)CN1CC1CCNC1. The van der Waals surface area contributed by atoms with E-state index in [9.17, 15) is 4.39 Å². The van der Waals surface area contributed by atoms with E-state index in [4.69, 9.17) is 5.73 Å². The molecular weight excluding hydrogens is 181 g/mol. The van der Waals surface area contributed by atoms with Crippen LogP contribution < -0.4 is 11.1 Å². The first-order valence-electron chi connectivity index (χ1n) is 5.58. The summed E-state index contributed by atoms with van der Waals surface area (Å²) in [5.41, 5.74) is 5.64. The first-order chi connectivity index (χ1) is 6.79. The summed E-state index contributed by atoms with van der Waals surface area (Å²) in [4.78, 5) is 2.24. The average Bonchev–Trinajstić information content (AvgIpc) is 2.76. The van der Waals surface area contributed by atoms with Crippen LogP contribution in [0.15, 0.2) is 0 Å². The Hall–Kier alpha value is -0.190. The summed E-state index contributed by atoms with van der Waals surface area (Å²) in [5.74, 6) is 0.703. The molecule has 3 N–H and O–H groups in total. The molecule has 0 bridgehead atoms. The molecule has 1 unspecified atom stereocenters. The van der Waals surface area contributed by atoms with E-state index in [1.807, 2.05) is 0 Å². The first kappa shape index (κ1) is 10.3. The fourth-order valence-electron chi connectivity index (χ4n) is 2.59. The normalized spacial score (nSPS) is 39.4. The molecule has 0 amide bonds. The van der Waals surface area contributed by atoms with Crippen LogP contribution in [0.1, 0.15) is 12.8 Å². The van der Waals surface area contributed by atoms with E-state index in [1.54, 1.807) is 0 Å². The highest BCUT2D eigenvalue weighted by Gasteiger charge is 2.32. The molecule has 0 aromatic heterocycles. The lowest BCUT2D eigenvalue weighted by Gasteiger charge is -2.25. The lowest BCUT2D eigenvalue weighted by atomic mass is 10.1. The zero-order chi connectivity index (χ0) is 9.97. The standard InChI is InChI=1S/C10H20FN3/c11-9-3-10(4-12)14(7-9)6-8-1-2-13-5-8/h8-10,13H,1-7,12H2/t8?,9-,10+/m1/s1. The summed E-state index contributed by atoms with van der Waals surface area (Å²) in [6, 6.07) is 0.283. The van der Waals surface area contributed by atoms with Gasteiger partial charge in [-0.05, 0) is 31.8 Å². The van der Waals surface area contributed by atoms with E-state index < -0.39 is 6.17 Å². The van der Waals surface area contributed by atoms with Crippen molar-refractivity contribution in [1.29, 1.82) is 0 Å². The highest BCUT2D eigenvalue weighted by molar-refractivity contribution is 4.88. The van der Waals surface area contributed by atoms with Crippen molar-refractivity contribution in [3.8, 4) is 0 Å². The number of nitrogens with two attached hydrogens (primary N) is 1. The summed E-state index contributed by atoms with van der Waals surface area (Å²) >= 11 is 0. The van der Waals surface area contributed by atoms with Crippen LogP contribution >= 0.6 is 0 Å². The predicted octanol–water partition coefficient (Wildman–Crippen LogP) is -0.0330. The first-order valence-corrected chi connectivity index (χ1v) is 5.58. The maximum Gasteiger partial charge on any atom is 0.114 e. The molecule has 0 aliphatic carbocycles. The van der Waals surface area contributed by atoms with Gasteiger partial charge in [-0.25, -0.2) is 4.39 Å². The molecule has 0 aromatic rings. The van der Waals surface area contributed by atoms with Gasteiger partial charge >= 0.3 is 0 Å². The van der Waals surface area contributed by atoms with Gasteiger partial charge in [0.15, 0.2) is 0 Å². The van der Waals surface area contributed by atoms with Gasteiger partial charge in [-0.2, -0.15) is 0 Å². The molecule has 0 saturated carbocycles. The minimum atomic E-state index is -0.655. The molecule has 0 radical (unpaired) electrons. The van der Waals surface area contributed by atoms with Crippen LogP contribution in [0.3, 0.4) is 0 Å². The van der Waals surface area contributed by atoms with E-state index in [0.717, 1.165) is 19.6 Å². The average molecular weight is 201 g/mol. The number of rotatable bonds is 3. The van der Waals surface area contributed by atoms with Crippen molar-refractivity contribution in [2.45, 2.75) is 25.1 Å². The Kier molecular flexibility index (Phi) is 3.36. The van der Waals surface area contributed by atoms with Crippen molar-refractivity contribution in [3.63, 3.8) is 0 Å². The van der Waals surface area contributed by atoms with Gasteiger partial charge in [0.2, 0.25) is 0 Å². The van der Waals surface area contributed by atoms with Crippen LogP contribution in [0.2, 0.25) is 0 Å². The number of hydrogen-bond acceptors (Lipinski definition) is 3. The van der Waals surface area contributed by atoms with Crippen LogP contribution in [-0.4, -0.2) is 49.8 Å². The highest BCUT2D eigenvalue weighted by atomic mass is 19.1. The second kappa shape index (κ2) is 4.55. The van der Waals surface area contributed by atoms with Crippen molar-refractivity contribution in [3.05, 3.63) is 0 Å². The van der Waals surface area contributed by atoms with Gasteiger partial charge in [-0.15, -0.1) is 0 Å². The zero-order valence-electron chi connectivity index (χ0n) is 8.58. The Morgan fingerprint density at radius 3 is 3.00 bits per heavy atom. The minimum absolute atomic E-state index is 0.283. The number of nitrogens with zero attached hydrogens (tertiary/aromatic N) is 1. The minimum Gasteiger partial charge on any atom is -0.329 e. The number of nitrogens with one attached hydrogen (secondary N) is 1. The van der Waals surface area contributed by atoms with E-state index in [-0.39, 0.29) is 6.04 Å². The molecule has 4 heteroatoms. The fourth-order valence-corrected chi connectivity index (χ4v) is 2.59. The molecule has 2 heterocycles.